The molecule has 7 heteroatoms. The van der Waals surface area contributed by atoms with E-state index in [0.717, 1.165) is 23.1 Å². The van der Waals surface area contributed by atoms with E-state index in [1.54, 1.807) is 12.4 Å². The van der Waals surface area contributed by atoms with Crippen LogP contribution in [0.25, 0.3) is 10.6 Å². The lowest BCUT2D eigenvalue weighted by molar-refractivity contribution is -0.114. The molecule has 1 N–H and O–H groups in total. The lowest BCUT2D eigenvalue weighted by Crippen LogP contribution is -2.28. The van der Waals surface area contributed by atoms with Crippen LogP contribution in [0.5, 0.6) is 0 Å². The fourth-order valence-electron chi connectivity index (χ4n) is 2.45. The summed E-state index contributed by atoms with van der Waals surface area (Å²) in [5.74, 6) is 1.23. The Bertz CT molecular complexity index is 639. The standard InChI is InChI=1S/C14H17N5OS/c1-9-4-3-5-19(9)14-15-6-11(7-16-14)13-18-12(8-21-13)17-10(2)20/h6-9H,3-5H2,1-2H3,(H,17,20)/t9-/m0/s1. The molecule has 0 bridgehead atoms. The molecule has 0 spiro atoms. The van der Waals surface area contributed by atoms with Crippen LogP contribution in [-0.2, 0) is 4.79 Å². The summed E-state index contributed by atoms with van der Waals surface area (Å²) in [4.78, 5) is 26.5. The van der Waals surface area contributed by atoms with Crippen LogP contribution in [0.2, 0.25) is 0 Å². The quantitative estimate of drug-likeness (QED) is 0.943. The number of anilines is 2. The minimum Gasteiger partial charge on any atom is -0.338 e. The van der Waals surface area contributed by atoms with Crippen LogP contribution in [-0.4, -0.2) is 33.4 Å². The average Bonchev–Trinajstić information content (AvgIpc) is 3.07. The van der Waals surface area contributed by atoms with Crippen LogP contribution < -0.4 is 10.2 Å². The highest BCUT2D eigenvalue weighted by Gasteiger charge is 2.22. The summed E-state index contributed by atoms with van der Waals surface area (Å²) in [6.07, 6.45) is 5.98. The van der Waals surface area contributed by atoms with Crippen molar-refractivity contribution in [1.29, 1.82) is 0 Å². The third-order valence-electron chi connectivity index (χ3n) is 3.50. The van der Waals surface area contributed by atoms with E-state index in [4.69, 9.17) is 0 Å². The zero-order chi connectivity index (χ0) is 14.8. The van der Waals surface area contributed by atoms with E-state index in [1.165, 1.54) is 31.1 Å². The van der Waals surface area contributed by atoms with Gasteiger partial charge in [-0.25, -0.2) is 15.0 Å². The Morgan fingerprint density at radius 2 is 2.19 bits per heavy atom. The summed E-state index contributed by atoms with van der Waals surface area (Å²) in [6, 6.07) is 0.502. The summed E-state index contributed by atoms with van der Waals surface area (Å²) in [6.45, 7) is 4.68. The predicted octanol–water partition coefficient (Wildman–Crippen LogP) is 2.55. The van der Waals surface area contributed by atoms with Gasteiger partial charge in [-0.3, -0.25) is 4.79 Å². The highest BCUT2D eigenvalue weighted by molar-refractivity contribution is 7.13. The summed E-state index contributed by atoms with van der Waals surface area (Å²) < 4.78 is 0. The first-order valence-corrected chi connectivity index (χ1v) is 7.83. The molecule has 2 aromatic rings. The molecule has 0 radical (unpaired) electrons. The lowest BCUT2D eigenvalue weighted by Gasteiger charge is -2.20. The zero-order valence-corrected chi connectivity index (χ0v) is 12.9. The molecule has 21 heavy (non-hydrogen) atoms. The summed E-state index contributed by atoms with van der Waals surface area (Å²) in [5.41, 5.74) is 0.868. The SMILES string of the molecule is CC(=O)Nc1csc(-c2cnc(N3CCC[C@@H]3C)nc2)n1. The highest BCUT2D eigenvalue weighted by Crippen LogP contribution is 2.27. The second kappa shape index (κ2) is 5.77. The Hall–Kier alpha value is -2.02. The minimum atomic E-state index is -0.124. The molecule has 110 valence electrons. The van der Waals surface area contributed by atoms with Gasteiger partial charge >= 0.3 is 0 Å². The molecule has 3 rings (SSSR count). The van der Waals surface area contributed by atoms with Crippen LogP contribution in [0.1, 0.15) is 26.7 Å². The highest BCUT2D eigenvalue weighted by atomic mass is 32.1. The molecular weight excluding hydrogens is 286 g/mol. The Balaban J connectivity index is 1.77. The number of hydrogen-bond acceptors (Lipinski definition) is 6. The van der Waals surface area contributed by atoms with Crippen molar-refractivity contribution in [3.05, 3.63) is 17.8 Å². The number of rotatable bonds is 3. The van der Waals surface area contributed by atoms with Gasteiger partial charge in [-0.2, -0.15) is 0 Å². The second-order valence-corrected chi connectivity index (χ2v) is 6.03. The molecular formula is C14H17N5OS. The van der Waals surface area contributed by atoms with E-state index in [0.29, 0.717) is 11.9 Å². The molecule has 0 saturated carbocycles. The van der Waals surface area contributed by atoms with Crippen LogP contribution in [0.15, 0.2) is 17.8 Å². The Labute approximate surface area is 127 Å². The van der Waals surface area contributed by atoms with Crippen LogP contribution >= 0.6 is 11.3 Å². The number of thiazole rings is 1. The zero-order valence-electron chi connectivity index (χ0n) is 12.0. The van der Waals surface area contributed by atoms with E-state index in [-0.39, 0.29) is 5.91 Å². The van der Waals surface area contributed by atoms with Gasteiger partial charge in [0.2, 0.25) is 11.9 Å². The molecule has 1 saturated heterocycles. The first-order valence-electron chi connectivity index (χ1n) is 6.95. The predicted molar refractivity (Wildman–Crippen MR) is 83.5 cm³/mol. The molecule has 1 aliphatic heterocycles. The maximum absolute atomic E-state index is 11.0. The van der Waals surface area contributed by atoms with E-state index in [1.807, 2.05) is 5.38 Å². The second-order valence-electron chi connectivity index (χ2n) is 5.18. The number of hydrogen-bond donors (Lipinski definition) is 1. The van der Waals surface area contributed by atoms with Crippen molar-refractivity contribution in [3.63, 3.8) is 0 Å². The van der Waals surface area contributed by atoms with Crippen LogP contribution in [0.4, 0.5) is 11.8 Å². The first-order chi connectivity index (χ1) is 10.1. The van der Waals surface area contributed by atoms with Crippen molar-refractivity contribution in [2.75, 3.05) is 16.8 Å². The molecule has 6 nitrogen and oxygen atoms in total. The third kappa shape index (κ3) is 3.02. The van der Waals surface area contributed by atoms with Gasteiger partial charge in [-0.15, -0.1) is 11.3 Å². The Morgan fingerprint density at radius 3 is 2.81 bits per heavy atom. The van der Waals surface area contributed by atoms with Gasteiger partial charge in [0.1, 0.15) is 10.8 Å². The van der Waals surface area contributed by atoms with Gasteiger partial charge in [0.25, 0.3) is 0 Å². The molecule has 1 atom stereocenters. The largest absolute Gasteiger partial charge is 0.338 e. The topological polar surface area (TPSA) is 71.0 Å². The van der Waals surface area contributed by atoms with Crippen molar-refractivity contribution in [1.82, 2.24) is 15.0 Å². The fourth-order valence-corrected chi connectivity index (χ4v) is 3.18. The molecule has 0 aromatic carbocycles. The first kappa shape index (κ1) is 13.9. The van der Waals surface area contributed by atoms with E-state index in [2.05, 4.69) is 32.1 Å². The maximum atomic E-state index is 11.0. The van der Waals surface area contributed by atoms with E-state index >= 15 is 0 Å². The molecule has 1 aliphatic rings. The van der Waals surface area contributed by atoms with Gasteiger partial charge in [-0.05, 0) is 19.8 Å². The van der Waals surface area contributed by atoms with Gasteiger partial charge < -0.3 is 10.2 Å². The number of carbonyl (C=O) groups is 1. The van der Waals surface area contributed by atoms with Crippen LogP contribution in [0.3, 0.4) is 0 Å². The summed E-state index contributed by atoms with van der Waals surface area (Å²) in [7, 11) is 0. The van der Waals surface area contributed by atoms with Gasteiger partial charge in [0.15, 0.2) is 0 Å². The average molecular weight is 303 g/mol. The van der Waals surface area contributed by atoms with Crippen molar-refractivity contribution in [2.45, 2.75) is 32.7 Å². The molecule has 0 aliphatic carbocycles. The molecule has 1 amide bonds. The van der Waals surface area contributed by atoms with Crippen molar-refractivity contribution < 1.29 is 4.79 Å². The number of aromatic nitrogens is 3. The molecule has 1 fully saturated rings. The maximum Gasteiger partial charge on any atom is 0.225 e. The molecule has 0 unspecified atom stereocenters. The monoisotopic (exact) mass is 303 g/mol. The van der Waals surface area contributed by atoms with E-state index in [9.17, 15) is 4.79 Å². The van der Waals surface area contributed by atoms with Gasteiger partial charge in [-0.1, -0.05) is 0 Å². The molecule has 3 heterocycles. The third-order valence-corrected chi connectivity index (χ3v) is 4.39. The number of nitrogens with zero attached hydrogens (tertiary/aromatic N) is 4. The summed E-state index contributed by atoms with van der Waals surface area (Å²) in [5, 5.41) is 5.29. The van der Waals surface area contributed by atoms with Gasteiger partial charge in [0, 0.05) is 42.8 Å². The van der Waals surface area contributed by atoms with Crippen LogP contribution in [0, 0.1) is 0 Å². The normalized spacial score (nSPS) is 18.0. The lowest BCUT2D eigenvalue weighted by atomic mass is 10.2. The van der Waals surface area contributed by atoms with Crippen molar-refractivity contribution >= 4 is 29.0 Å². The number of nitrogens with one attached hydrogen (secondary N) is 1. The number of carbonyl (C=O) groups excluding carboxylic acids is 1. The van der Waals surface area contributed by atoms with E-state index < -0.39 is 0 Å². The summed E-state index contributed by atoms with van der Waals surface area (Å²) >= 11 is 1.46. The molecule has 2 aromatic heterocycles. The van der Waals surface area contributed by atoms with Crippen molar-refractivity contribution in [2.24, 2.45) is 0 Å². The minimum absolute atomic E-state index is 0.124. The fraction of sp³-hybridized carbons (Fsp3) is 0.429. The number of amides is 1. The Kier molecular flexibility index (Phi) is 3.83. The van der Waals surface area contributed by atoms with Crippen molar-refractivity contribution in [3.8, 4) is 10.6 Å². The smallest absolute Gasteiger partial charge is 0.225 e. The van der Waals surface area contributed by atoms with Gasteiger partial charge in [0.05, 0.1) is 0 Å². The Morgan fingerprint density at radius 1 is 1.43 bits per heavy atom.